The number of rotatable bonds is 5. The largest absolute Gasteiger partial charge is 0.495 e. The molecule has 2 aromatic rings. The Bertz CT molecular complexity index is 653. The first-order chi connectivity index (χ1) is 10.6. The van der Waals surface area contributed by atoms with Gasteiger partial charge in [-0.3, -0.25) is 9.59 Å². The second kappa shape index (κ2) is 7.61. The molecular formula is C16H18N2O3S. The van der Waals surface area contributed by atoms with Crippen molar-refractivity contribution in [1.82, 2.24) is 5.32 Å². The van der Waals surface area contributed by atoms with E-state index in [1.807, 2.05) is 29.8 Å². The molecule has 5 nitrogen and oxygen atoms in total. The molecule has 0 radical (unpaired) electrons. The molecule has 0 bridgehead atoms. The summed E-state index contributed by atoms with van der Waals surface area (Å²) in [5, 5.41) is 9.18. The van der Waals surface area contributed by atoms with E-state index in [0.717, 1.165) is 11.1 Å². The molecule has 1 aromatic heterocycles. The lowest BCUT2D eigenvalue weighted by atomic mass is 10.2. The molecular weight excluding hydrogens is 300 g/mol. The van der Waals surface area contributed by atoms with Gasteiger partial charge in [-0.15, -0.1) is 0 Å². The minimum Gasteiger partial charge on any atom is -0.495 e. The Morgan fingerprint density at radius 1 is 1.23 bits per heavy atom. The van der Waals surface area contributed by atoms with Gasteiger partial charge in [0, 0.05) is 6.54 Å². The van der Waals surface area contributed by atoms with Crippen molar-refractivity contribution >= 4 is 28.8 Å². The number of aryl methyl sites for hydroxylation is 1. The van der Waals surface area contributed by atoms with Gasteiger partial charge in [0.15, 0.2) is 0 Å². The van der Waals surface area contributed by atoms with Crippen molar-refractivity contribution in [1.29, 1.82) is 0 Å². The fraction of sp³-hybridized carbons (Fsp3) is 0.250. The molecule has 0 saturated carbocycles. The number of methoxy groups -OCH3 is 1. The van der Waals surface area contributed by atoms with Gasteiger partial charge in [-0.25, -0.2) is 0 Å². The molecule has 0 saturated heterocycles. The molecule has 22 heavy (non-hydrogen) atoms. The highest BCUT2D eigenvalue weighted by Crippen LogP contribution is 2.24. The zero-order valence-electron chi connectivity index (χ0n) is 12.5. The summed E-state index contributed by atoms with van der Waals surface area (Å²) in [5.74, 6) is -0.835. The van der Waals surface area contributed by atoms with Crippen molar-refractivity contribution in [3.8, 4) is 5.75 Å². The highest BCUT2D eigenvalue weighted by molar-refractivity contribution is 7.07. The van der Waals surface area contributed by atoms with E-state index >= 15 is 0 Å². The summed E-state index contributed by atoms with van der Waals surface area (Å²) in [6.45, 7) is 2.32. The molecule has 0 fully saturated rings. The van der Waals surface area contributed by atoms with E-state index in [9.17, 15) is 9.59 Å². The molecule has 0 aliphatic rings. The van der Waals surface area contributed by atoms with E-state index in [1.54, 1.807) is 23.5 Å². The van der Waals surface area contributed by atoms with E-state index < -0.39 is 11.8 Å². The molecule has 0 atom stereocenters. The predicted molar refractivity (Wildman–Crippen MR) is 87.4 cm³/mol. The van der Waals surface area contributed by atoms with Crippen LogP contribution in [-0.4, -0.2) is 25.5 Å². The van der Waals surface area contributed by atoms with Crippen molar-refractivity contribution < 1.29 is 14.3 Å². The third-order valence-electron chi connectivity index (χ3n) is 3.09. The SMILES string of the molecule is COc1ccc(C)cc1NC(=O)C(=O)NCCc1ccsc1. The molecule has 2 N–H and O–H groups in total. The Morgan fingerprint density at radius 2 is 2.05 bits per heavy atom. The van der Waals surface area contributed by atoms with Crippen molar-refractivity contribution in [3.05, 3.63) is 46.2 Å². The van der Waals surface area contributed by atoms with Crippen molar-refractivity contribution in [3.63, 3.8) is 0 Å². The molecule has 0 unspecified atom stereocenters. The molecule has 2 amide bonds. The third-order valence-corrected chi connectivity index (χ3v) is 3.82. The Kier molecular flexibility index (Phi) is 5.55. The number of carbonyl (C=O) groups excluding carboxylic acids is 2. The summed E-state index contributed by atoms with van der Waals surface area (Å²) in [6, 6.07) is 7.37. The Labute approximate surface area is 133 Å². The predicted octanol–water partition coefficient (Wildman–Crippen LogP) is 2.36. The van der Waals surface area contributed by atoms with Gasteiger partial charge in [-0.2, -0.15) is 11.3 Å². The first-order valence-electron chi connectivity index (χ1n) is 6.85. The second-order valence-electron chi connectivity index (χ2n) is 4.80. The normalized spacial score (nSPS) is 10.1. The smallest absolute Gasteiger partial charge is 0.313 e. The van der Waals surface area contributed by atoms with Gasteiger partial charge in [0.2, 0.25) is 0 Å². The van der Waals surface area contributed by atoms with Crippen LogP contribution in [0, 0.1) is 6.92 Å². The van der Waals surface area contributed by atoms with Gasteiger partial charge in [0.25, 0.3) is 0 Å². The van der Waals surface area contributed by atoms with Crippen LogP contribution >= 0.6 is 11.3 Å². The second-order valence-corrected chi connectivity index (χ2v) is 5.58. The van der Waals surface area contributed by atoms with Gasteiger partial charge in [0.05, 0.1) is 12.8 Å². The quantitative estimate of drug-likeness (QED) is 0.832. The van der Waals surface area contributed by atoms with Crippen molar-refractivity contribution in [2.75, 3.05) is 19.0 Å². The Balaban J connectivity index is 1.88. The molecule has 0 aliphatic heterocycles. The highest BCUT2D eigenvalue weighted by atomic mass is 32.1. The fourth-order valence-corrected chi connectivity index (χ4v) is 2.64. The lowest BCUT2D eigenvalue weighted by Crippen LogP contribution is -2.36. The molecule has 6 heteroatoms. The number of hydrogen-bond acceptors (Lipinski definition) is 4. The van der Waals surface area contributed by atoms with Gasteiger partial charge < -0.3 is 15.4 Å². The van der Waals surface area contributed by atoms with Crippen LogP contribution < -0.4 is 15.4 Å². The monoisotopic (exact) mass is 318 g/mol. The zero-order chi connectivity index (χ0) is 15.9. The summed E-state index contributed by atoms with van der Waals surface area (Å²) >= 11 is 1.61. The van der Waals surface area contributed by atoms with Crippen molar-refractivity contribution in [2.24, 2.45) is 0 Å². The van der Waals surface area contributed by atoms with E-state index in [0.29, 0.717) is 24.4 Å². The summed E-state index contributed by atoms with van der Waals surface area (Å²) < 4.78 is 5.17. The number of benzene rings is 1. The summed E-state index contributed by atoms with van der Waals surface area (Å²) in [6.07, 6.45) is 0.705. The van der Waals surface area contributed by atoms with Crippen molar-refractivity contribution in [2.45, 2.75) is 13.3 Å². The summed E-state index contributed by atoms with van der Waals surface area (Å²) in [7, 11) is 1.52. The number of amides is 2. The van der Waals surface area contributed by atoms with E-state index in [1.165, 1.54) is 7.11 Å². The van der Waals surface area contributed by atoms with Crippen LogP contribution in [0.15, 0.2) is 35.0 Å². The lowest BCUT2D eigenvalue weighted by molar-refractivity contribution is -0.136. The number of thiophene rings is 1. The van der Waals surface area contributed by atoms with Crippen LogP contribution in [0.5, 0.6) is 5.75 Å². The summed E-state index contributed by atoms with van der Waals surface area (Å²) in [4.78, 5) is 23.7. The molecule has 2 rings (SSSR count). The standard InChI is InChI=1S/C16H18N2O3S/c1-11-3-4-14(21-2)13(9-11)18-16(20)15(19)17-7-5-12-6-8-22-10-12/h3-4,6,8-10H,5,7H2,1-2H3,(H,17,19)(H,18,20). The summed E-state index contributed by atoms with van der Waals surface area (Å²) in [5.41, 5.74) is 2.60. The first-order valence-corrected chi connectivity index (χ1v) is 7.79. The van der Waals surface area contributed by atoms with Gasteiger partial charge in [-0.05, 0) is 53.4 Å². The molecule has 0 spiro atoms. The first kappa shape index (κ1) is 16.0. The molecule has 0 aliphatic carbocycles. The van der Waals surface area contributed by atoms with Gasteiger partial charge >= 0.3 is 11.8 Å². The lowest BCUT2D eigenvalue weighted by Gasteiger charge is -2.11. The zero-order valence-corrected chi connectivity index (χ0v) is 13.3. The number of carbonyl (C=O) groups is 2. The third kappa shape index (κ3) is 4.33. The average molecular weight is 318 g/mol. The van der Waals surface area contributed by atoms with E-state index in [-0.39, 0.29) is 0 Å². The highest BCUT2D eigenvalue weighted by Gasteiger charge is 2.15. The number of hydrogen-bond donors (Lipinski definition) is 2. The van der Waals surface area contributed by atoms with Gasteiger partial charge in [0.1, 0.15) is 5.75 Å². The van der Waals surface area contributed by atoms with Crippen LogP contribution in [0.25, 0.3) is 0 Å². The van der Waals surface area contributed by atoms with Crippen LogP contribution in [0.1, 0.15) is 11.1 Å². The molecule has 1 aromatic carbocycles. The average Bonchev–Trinajstić information content (AvgIpc) is 3.00. The van der Waals surface area contributed by atoms with Crippen LogP contribution in [0.3, 0.4) is 0 Å². The number of anilines is 1. The van der Waals surface area contributed by atoms with E-state index in [2.05, 4.69) is 10.6 Å². The maximum Gasteiger partial charge on any atom is 0.313 e. The fourth-order valence-electron chi connectivity index (χ4n) is 1.93. The van der Waals surface area contributed by atoms with Crippen LogP contribution in [0.4, 0.5) is 5.69 Å². The number of ether oxygens (including phenoxy) is 1. The Hall–Kier alpha value is -2.34. The topological polar surface area (TPSA) is 67.4 Å². The molecule has 1 heterocycles. The minimum absolute atomic E-state index is 0.425. The van der Waals surface area contributed by atoms with Gasteiger partial charge in [-0.1, -0.05) is 6.07 Å². The van der Waals surface area contributed by atoms with Crippen LogP contribution in [-0.2, 0) is 16.0 Å². The Morgan fingerprint density at radius 3 is 2.73 bits per heavy atom. The minimum atomic E-state index is -0.700. The number of nitrogens with one attached hydrogen (secondary N) is 2. The molecule has 116 valence electrons. The van der Waals surface area contributed by atoms with Crippen LogP contribution in [0.2, 0.25) is 0 Å². The van der Waals surface area contributed by atoms with E-state index in [4.69, 9.17) is 4.74 Å². The maximum atomic E-state index is 11.9. The maximum absolute atomic E-state index is 11.9.